The van der Waals surface area contributed by atoms with E-state index in [2.05, 4.69) is 29.6 Å². The van der Waals surface area contributed by atoms with Gasteiger partial charge in [-0.2, -0.15) is 0 Å². The zero-order chi connectivity index (χ0) is 16.1. The maximum Gasteiger partial charge on any atom is 0.222 e. The monoisotopic (exact) mass is 323 g/mol. The lowest BCUT2D eigenvalue weighted by Crippen LogP contribution is -2.42. The Morgan fingerprint density at radius 3 is 2.64 bits per heavy atom. The quantitative estimate of drug-likeness (QED) is 0.766. The third-order valence-corrected chi connectivity index (χ3v) is 4.98. The van der Waals surface area contributed by atoms with Crippen LogP contribution in [-0.4, -0.2) is 43.4 Å². The summed E-state index contributed by atoms with van der Waals surface area (Å²) in [7, 11) is 4.11. The predicted molar refractivity (Wildman–Crippen MR) is 88.7 cm³/mol. The van der Waals surface area contributed by atoms with E-state index in [0.717, 1.165) is 4.88 Å². The Morgan fingerprint density at radius 2 is 2.14 bits per heavy atom. The average Bonchev–Trinajstić information content (AvgIpc) is 3.11. The van der Waals surface area contributed by atoms with Crippen molar-refractivity contribution in [1.82, 2.24) is 15.5 Å². The summed E-state index contributed by atoms with van der Waals surface area (Å²) in [5.41, 5.74) is 0. The molecule has 0 bridgehead atoms. The highest BCUT2D eigenvalue weighted by molar-refractivity contribution is 7.10. The topological polar surface area (TPSA) is 61.4 Å². The molecule has 1 fully saturated rings. The minimum Gasteiger partial charge on any atom is -0.354 e. The van der Waals surface area contributed by atoms with Gasteiger partial charge in [0, 0.05) is 24.4 Å². The summed E-state index contributed by atoms with van der Waals surface area (Å²) < 4.78 is 0. The van der Waals surface area contributed by atoms with Gasteiger partial charge >= 0.3 is 0 Å². The van der Waals surface area contributed by atoms with Crippen molar-refractivity contribution in [3.8, 4) is 0 Å². The smallest absolute Gasteiger partial charge is 0.222 e. The highest BCUT2D eigenvalue weighted by atomic mass is 32.1. The van der Waals surface area contributed by atoms with Gasteiger partial charge in [-0.05, 0) is 44.3 Å². The second-order valence-corrected chi connectivity index (χ2v) is 7.12. The van der Waals surface area contributed by atoms with Crippen molar-refractivity contribution in [2.75, 3.05) is 20.6 Å². The molecule has 1 saturated carbocycles. The number of carbonyl (C=O) groups excluding carboxylic acids is 2. The van der Waals surface area contributed by atoms with Gasteiger partial charge in [0.15, 0.2) is 0 Å². The van der Waals surface area contributed by atoms with Crippen molar-refractivity contribution in [1.29, 1.82) is 0 Å². The van der Waals surface area contributed by atoms with E-state index in [0.29, 0.717) is 18.5 Å². The van der Waals surface area contributed by atoms with Gasteiger partial charge in [0.1, 0.15) is 0 Å². The number of likely N-dealkylation sites (N-methyl/N-ethyl adjacent to an activating group) is 1. The molecule has 6 heteroatoms. The van der Waals surface area contributed by atoms with E-state index in [9.17, 15) is 9.59 Å². The number of nitrogens with zero attached hydrogens (tertiary/aromatic N) is 1. The highest BCUT2D eigenvalue weighted by Gasteiger charge is 2.32. The van der Waals surface area contributed by atoms with Crippen LogP contribution in [0.25, 0.3) is 0 Å². The Kier molecular flexibility index (Phi) is 5.97. The largest absolute Gasteiger partial charge is 0.354 e. The molecule has 2 amide bonds. The second-order valence-electron chi connectivity index (χ2n) is 6.15. The van der Waals surface area contributed by atoms with Crippen LogP contribution in [0.3, 0.4) is 0 Å². The molecule has 1 aliphatic rings. The van der Waals surface area contributed by atoms with E-state index >= 15 is 0 Å². The van der Waals surface area contributed by atoms with Crippen LogP contribution in [0.4, 0.5) is 0 Å². The van der Waals surface area contributed by atoms with E-state index in [4.69, 9.17) is 0 Å². The highest BCUT2D eigenvalue weighted by Crippen LogP contribution is 2.34. The van der Waals surface area contributed by atoms with Crippen molar-refractivity contribution in [3.63, 3.8) is 0 Å². The summed E-state index contributed by atoms with van der Waals surface area (Å²) in [6.07, 6.45) is 2.79. The van der Waals surface area contributed by atoms with Crippen molar-refractivity contribution >= 4 is 23.2 Å². The summed E-state index contributed by atoms with van der Waals surface area (Å²) in [4.78, 5) is 26.8. The lowest BCUT2D eigenvalue weighted by atomic mass is 10.1. The van der Waals surface area contributed by atoms with Gasteiger partial charge in [0.2, 0.25) is 11.8 Å². The van der Waals surface area contributed by atoms with Crippen LogP contribution in [0.5, 0.6) is 0 Å². The van der Waals surface area contributed by atoms with Crippen LogP contribution in [0.2, 0.25) is 0 Å². The Labute approximate surface area is 136 Å². The molecule has 22 heavy (non-hydrogen) atoms. The first-order valence-corrected chi connectivity index (χ1v) is 8.59. The molecule has 5 nitrogen and oxygen atoms in total. The Bertz CT molecular complexity index is 495. The molecule has 2 atom stereocenters. The van der Waals surface area contributed by atoms with Crippen LogP contribution in [-0.2, 0) is 9.59 Å². The van der Waals surface area contributed by atoms with Crippen molar-refractivity contribution < 1.29 is 9.59 Å². The number of nitrogens with one attached hydrogen (secondary N) is 2. The summed E-state index contributed by atoms with van der Waals surface area (Å²) in [6, 6.07) is 4.05. The molecular formula is C16H25N3O2S. The van der Waals surface area contributed by atoms with Crippen LogP contribution in [0.1, 0.15) is 37.1 Å². The zero-order valence-corrected chi connectivity index (χ0v) is 14.3. The third kappa shape index (κ3) is 5.10. The van der Waals surface area contributed by atoms with Crippen molar-refractivity contribution in [2.45, 2.75) is 38.3 Å². The molecule has 0 unspecified atom stereocenters. The van der Waals surface area contributed by atoms with E-state index in [1.165, 1.54) is 19.8 Å². The summed E-state index contributed by atoms with van der Waals surface area (Å²) in [5, 5.41) is 7.84. The number of thiophene rings is 1. The molecule has 0 radical (unpaired) electrons. The molecule has 2 rings (SSSR count). The van der Waals surface area contributed by atoms with Crippen LogP contribution >= 0.6 is 11.3 Å². The molecule has 122 valence electrons. The molecule has 2 N–H and O–H groups in total. The summed E-state index contributed by atoms with van der Waals surface area (Å²) in [6.45, 7) is 2.15. The number of rotatable bonds is 8. The fraction of sp³-hybridized carbons (Fsp3) is 0.625. The lowest BCUT2D eigenvalue weighted by molar-refractivity contribution is -0.122. The van der Waals surface area contributed by atoms with Gasteiger partial charge in [-0.1, -0.05) is 6.07 Å². The SMILES string of the molecule is CC(=O)N[C@@H](CC(=O)NC[C@@H](C1CC1)N(C)C)c1cccs1. The van der Waals surface area contributed by atoms with Crippen molar-refractivity contribution in [3.05, 3.63) is 22.4 Å². The average molecular weight is 323 g/mol. The molecule has 1 aromatic rings. The fourth-order valence-corrected chi connectivity index (χ4v) is 3.46. The molecule has 1 aliphatic carbocycles. The number of carbonyl (C=O) groups is 2. The molecule has 0 aliphatic heterocycles. The molecule has 0 saturated heterocycles. The van der Waals surface area contributed by atoms with Gasteiger partial charge < -0.3 is 15.5 Å². The Morgan fingerprint density at radius 1 is 1.41 bits per heavy atom. The standard InChI is InChI=1S/C16H25N3O2S/c1-11(20)18-13(15-5-4-8-22-15)9-16(21)17-10-14(19(2)3)12-6-7-12/h4-5,8,12-14H,6-7,9-10H2,1-3H3,(H,17,21)(H,18,20)/t13-,14-/m0/s1. The van der Waals surface area contributed by atoms with Gasteiger partial charge in [0.05, 0.1) is 12.5 Å². The second kappa shape index (κ2) is 7.74. The molecular weight excluding hydrogens is 298 g/mol. The predicted octanol–water partition coefficient (Wildman–Crippen LogP) is 1.77. The van der Waals surface area contributed by atoms with Crippen LogP contribution in [0.15, 0.2) is 17.5 Å². The van der Waals surface area contributed by atoms with E-state index < -0.39 is 0 Å². The van der Waals surface area contributed by atoms with E-state index in [1.54, 1.807) is 11.3 Å². The number of amides is 2. The normalized spacial score (nSPS) is 17.1. The van der Waals surface area contributed by atoms with Gasteiger partial charge in [-0.3, -0.25) is 9.59 Å². The van der Waals surface area contributed by atoms with E-state index in [1.807, 2.05) is 17.5 Å². The van der Waals surface area contributed by atoms with Gasteiger partial charge in [-0.25, -0.2) is 0 Å². The molecule has 1 aromatic heterocycles. The van der Waals surface area contributed by atoms with Crippen LogP contribution < -0.4 is 10.6 Å². The number of hydrogen-bond donors (Lipinski definition) is 2. The first-order chi connectivity index (χ1) is 10.5. The van der Waals surface area contributed by atoms with Gasteiger partial charge in [0.25, 0.3) is 0 Å². The fourth-order valence-electron chi connectivity index (χ4n) is 2.69. The summed E-state index contributed by atoms with van der Waals surface area (Å²) >= 11 is 1.56. The Balaban J connectivity index is 1.86. The minimum absolute atomic E-state index is 0.0142. The van der Waals surface area contributed by atoms with Crippen LogP contribution in [0, 0.1) is 5.92 Å². The lowest BCUT2D eigenvalue weighted by Gasteiger charge is -2.25. The van der Waals surface area contributed by atoms with Crippen molar-refractivity contribution in [2.24, 2.45) is 5.92 Å². The maximum atomic E-state index is 12.2. The maximum absolute atomic E-state index is 12.2. The first kappa shape index (κ1) is 17.0. The molecule has 0 aromatic carbocycles. The number of hydrogen-bond acceptors (Lipinski definition) is 4. The van der Waals surface area contributed by atoms with Gasteiger partial charge in [-0.15, -0.1) is 11.3 Å². The Hall–Kier alpha value is -1.40. The minimum atomic E-state index is -0.240. The molecule has 1 heterocycles. The zero-order valence-electron chi connectivity index (χ0n) is 13.5. The first-order valence-electron chi connectivity index (χ1n) is 7.71. The molecule has 0 spiro atoms. The third-order valence-electron chi connectivity index (χ3n) is 3.99. The summed E-state index contributed by atoms with van der Waals surface area (Å²) in [5.74, 6) is 0.578. The van der Waals surface area contributed by atoms with E-state index in [-0.39, 0.29) is 24.3 Å².